The van der Waals surface area contributed by atoms with Crippen LogP contribution in [-0.2, 0) is 14.3 Å². The lowest BCUT2D eigenvalue weighted by atomic mass is 9.86. The Kier molecular flexibility index (Phi) is 4.99. The summed E-state index contributed by atoms with van der Waals surface area (Å²) in [7, 11) is 3.06. The van der Waals surface area contributed by atoms with Gasteiger partial charge in [0.05, 0.1) is 13.2 Å². The van der Waals surface area contributed by atoms with Crippen LogP contribution in [0.4, 0.5) is 4.79 Å². The molecule has 1 fully saturated rings. The standard InChI is InChI=1S/C13H24N2O5/c1-12(2,3)20-11(17)14-9-8-15(4)7-6-13(9,18)10(16)19-5/h9,18H,6-8H2,1-5H3,(H,14,17). The number of methoxy groups -OCH3 is 1. The van der Waals surface area contributed by atoms with Gasteiger partial charge in [0.2, 0.25) is 0 Å². The van der Waals surface area contributed by atoms with Gasteiger partial charge in [-0.25, -0.2) is 9.59 Å². The maximum absolute atomic E-state index is 11.8. The quantitative estimate of drug-likeness (QED) is 0.702. The van der Waals surface area contributed by atoms with E-state index in [2.05, 4.69) is 10.1 Å². The third-order valence-corrected chi connectivity index (χ3v) is 3.18. The van der Waals surface area contributed by atoms with Crippen molar-refractivity contribution in [2.75, 3.05) is 27.2 Å². The predicted molar refractivity (Wildman–Crippen MR) is 72.2 cm³/mol. The molecule has 20 heavy (non-hydrogen) atoms. The Morgan fingerprint density at radius 3 is 2.50 bits per heavy atom. The molecule has 116 valence electrons. The second kappa shape index (κ2) is 5.97. The zero-order valence-electron chi connectivity index (χ0n) is 12.7. The maximum atomic E-state index is 11.8. The van der Waals surface area contributed by atoms with Crippen LogP contribution >= 0.6 is 0 Å². The number of hydrogen-bond acceptors (Lipinski definition) is 6. The topological polar surface area (TPSA) is 88.1 Å². The van der Waals surface area contributed by atoms with Gasteiger partial charge in [0, 0.05) is 19.5 Å². The normalized spacial score (nSPS) is 27.8. The molecule has 2 unspecified atom stereocenters. The second-order valence-electron chi connectivity index (χ2n) is 6.13. The average Bonchev–Trinajstić information content (AvgIpc) is 2.30. The Hall–Kier alpha value is -1.34. The molecule has 0 aromatic rings. The number of nitrogens with one attached hydrogen (secondary N) is 1. The SMILES string of the molecule is COC(=O)C1(O)CCN(C)CC1NC(=O)OC(C)(C)C. The van der Waals surface area contributed by atoms with Gasteiger partial charge in [-0.2, -0.15) is 0 Å². The molecule has 0 spiro atoms. The van der Waals surface area contributed by atoms with E-state index in [1.54, 1.807) is 20.8 Å². The molecule has 0 saturated carbocycles. The number of ether oxygens (including phenoxy) is 2. The molecule has 2 N–H and O–H groups in total. The van der Waals surface area contributed by atoms with Crippen molar-refractivity contribution in [3.05, 3.63) is 0 Å². The number of amides is 1. The van der Waals surface area contributed by atoms with Gasteiger partial charge in [-0.1, -0.05) is 0 Å². The highest BCUT2D eigenvalue weighted by molar-refractivity contribution is 5.81. The van der Waals surface area contributed by atoms with Crippen molar-refractivity contribution in [1.82, 2.24) is 10.2 Å². The third-order valence-electron chi connectivity index (χ3n) is 3.18. The number of piperidine rings is 1. The fourth-order valence-corrected chi connectivity index (χ4v) is 2.13. The summed E-state index contributed by atoms with van der Waals surface area (Å²) >= 11 is 0. The van der Waals surface area contributed by atoms with Gasteiger partial charge >= 0.3 is 12.1 Å². The lowest BCUT2D eigenvalue weighted by molar-refractivity contribution is -0.170. The number of likely N-dealkylation sites (tertiary alicyclic amines) is 1. The summed E-state index contributed by atoms with van der Waals surface area (Å²) in [5, 5.41) is 13.1. The minimum atomic E-state index is -1.72. The van der Waals surface area contributed by atoms with Gasteiger partial charge in [-0.3, -0.25) is 0 Å². The number of carbonyl (C=O) groups is 2. The van der Waals surface area contributed by atoms with E-state index in [9.17, 15) is 14.7 Å². The molecule has 1 aliphatic heterocycles. The minimum absolute atomic E-state index is 0.191. The van der Waals surface area contributed by atoms with Crippen LogP contribution in [-0.4, -0.2) is 66.6 Å². The molecule has 1 rings (SSSR count). The van der Waals surface area contributed by atoms with Crippen LogP contribution < -0.4 is 5.32 Å². The summed E-state index contributed by atoms with van der Waals surface area (Å²) in [4.78, 5) is 25.5. The molecule has 7 nitrogen and oxygen atoms in total. The van der Waals surface area contributed by atoms with Crippen LogP contribution in [0.25, 0.3) is 0 Å². The Morgan fingerprint density at radius 2 is 2.00 bits per heavy atom. The summed E-state index contributed by atoms with van der Waals surface area (Å²) < 4.78 is 9.79. The zero-order valence-corrected chi connectivity index (χ0v) is 12.7. The molecule has 0 aromatic carbocycles. The molecule has 1 amide bonds. The lowest BCUT2D eigenvalue weighted by Gasteiger charge is -2.41. The predicted octanol–water partition coefficient (Wildman–Crippen LogP) is 0.119. The van der Waals surface area contributed by atoms with E-state index in [0.717, 1.165) is 0 Å². The molecule has 0 bridgehead atoms. The first-order valence-corrected chi connectivity index (χ1v) is 6.57. The van der Waals surface area contributed by atoms with Crippen LogP contribution in [0.2, 0.25) is 0 Å². The second-order valence-corrected chi connectivity index (χ2v) is 6.13. The van der Waals surface area contributed by atoms with Crippen LogP contribution in [0.3, 0.4) is 0 Å². The summed E-state index contributed by atoms with van der Waals surface area (Å²) in [5.74, 6) is -0.744. The molecule has 0 aliphatic carbocycles. The van der Waals surface area contributed by atoms with Crippen molar-refractivity contribution in [3.8, 4) is 0 Å². The van der Waals surface area contributed by atoms with E-state index in [0.29, 0.717) is 13.1 Å². The van der Waals surface area contributed by atoms with Crippen molar-refractivity contribution in [3.63, 3.8) is 0 Å². The van der Waals surface area contributed by atoms with E-state index < -0.39 is 29.3 Å². The van der Waals surface area contributed by atoms with E-state index in [1.807, 2.05) is 11.9 Å². The fraction of sp³-hybridized carbons (Fsp3) is 0.846. The Morgan fingerprint density at radius 1 is 1.40 bits per heavy atom. The molecule has 1 heterocycles. The van der Waals surface area contributed by atoms with Gasteiger partial charge in [0.1, 0.15) is 5.60 Å². The number of carbonyl (C=O) groups excluding carboxylic acids is 2. The number of hydrogen-bond donors (Lipinski definition) is 2. The lowest BCUT2D eigenvalue weighted by Crippen LogP contribution is -2.65. The molecule has 0 radical (unpaired) electrons. The van der Waals surface area contributed by atoms with Crippen molar-refractivity contribution >= 4 is 12.1 Å². The van der Waals surface area contributed by atoms with Crippen molar-refractivity contribution < 1.29 is 24.2 Å². The number of likely N-dealkylation sites (N-methyl/N-ethyl adjacent to an activating group) is 1. The van der Waals surface area contributed by atoms with Gasteiger partial charge < -0.3 is 24.8 Å². The van der Waals surface area contributed by atoms with Crippen LogP contribution in [0.1, 0.15) is 27.2 Å². The molecule has 1 saturated heterocycles. The van der Waals surface area contributed by atoms with Crippen molar-refractivity contribution in [1.29, 1.82) is 0 Å². The highest BCUT2D eigenvalue weighted by atomic mass is 16.6. The minimum Gasteiger partial charge on any atom is -0.467 e. The molecular formula is C13H24N2O5. The summed E-state index contributed by atoms with van der Waals surface area (Å²) in [6.07, 6.45) is -0.475. The van der Waals surface area contributed by atoms with E-state index in [1.165, 1.54) is 7.11 Å². The molecule has 1 aliphatic rings. The molecular weight excluding hydrogens is 264 g/mol. The first-order valence-electron chi connectivity index (χ1n) is 6.57. The van der Waals surface area contributed by atoms with Gasteiger partial charge in [0.25, 0.3) is 0 Å². The number of nitrogens with zero attached hydrogens (tertiary/aromatic N) is 1. The molecule has 7 heteroatoms. The summed E-state index contributed by atoms with van der Waals surface area (Å²) in [6.45, 7) is 6.10. The van der Waals surface area contributed by atoms with E-state index in [4.69, 9.17) is 4.74 Å². The third kappa shape index (κ3) is 4.08. The van der Waals surface area contributed by atoms with Crippen molar-refractivity contribution in [2.45, 2.75) is 44.4 Å². The zero-order chi connectivity index (χ0) is 15.6. The first-order chi connectivity index (χ1) is 9.08. The monoisotopic (exact) mass is 288 g/mol. The number of rotatable bonds is 2. The number of alkyl carbamates (subject to hydrolysis) is 1. The largest absolute Gasteiger partial charge is 0.467 e. The number of esters is 1. The van der Waals surface area contributed by atoms with Gasteiger partial charge in [-0.15, -0.1) is 0 Å². The highest BCUT2D eigenvalue weighted by Gasteiger charge is 2.49. The Bertz CT molecular complexity index is 379. The van der Waals surface area contributed by atoms with Crippen LogP contribution in [0.15, 0.2) is 0 Å². The number of aliphatic hydroxyl groups is 1. The Labute approximate surface area is 119 Å². The Balaban J connectivity index is 2.81. The fourth-order valence-electron chi connectivity index (χ4n) is 2.13. The molecule has 0 aromatic heterocycles. The van der Waals surface area contributed by atoms with E-state index in [-0.39, 0.29) is 6.42 Å². The van der Waals surface area contributed by atoms with E-state index >= 15 is 0 Å². The summed E-state index contributed by atoms with van der Waals surface area (Å²) in [6, 6.07) is -0.774. The van der Waals surface area contributed by atoms with Gasteiger partial charge in [0.15, 0.2) is 5.60 Å². The molecule has 2 atom stereocenters. The van der Waals surface area contributed by atoms with Crippen LogP contribution in [0.5, 0.6) is 0 Å². The van der Waals surface area contributed by atoms with Gasteiger partial charge in [-0.05, 0) is 27.8 Å². The first kappa shape index (κ1) is 16.7. The van der Waals surface area contributed by atoms with Crippen molar-refractivity contribution in [2.24, 2.45) is 0 Å². The van der Waals surface area contributed by atoms with Crippen LogP contribution in [0, 0.1) is 0 Å². The maximum Gasteiger partial charge on any atom is 0.408 e. The highest BCUT2D eigenvalue weighted by Crippen LogP contribution is 2.24. The smallest absolute Gasteiger partial charge is 0.408 e. The summed E-state index contributed by atoms with van der Waals surface area (Å²) in [5.41, 5.74) is -2.37. The average molecular weight is 288 g/mol.